The van der Waals surface area contributed by atoms with E-state index in [-0.39, 0.29) is 6.61 Å². The van der Waals surface area contributed by atoms with Crippen molar-refractivity contribution >= 4 is 0 Å². The first-order chi connectivity index (χ1) is 14.8. The Labute approximate surface area is 190 Å². The Morgan fingerprint density at radius 1 is 1.10 bits per heavy atom. The Bertz CT molecular complexity index is 629. The van der Waals surface area contributed by atoms with E-state index in [0.717, 1.165) is 55.6 Å². The van der Waals surface area contributed by atoms with E-state index in [0.29, 0.717) is 5.92 Å². The summed E-state index contributed by atoms with van der Waals surface area (Å²) >= 11 is 0. The van der Waals surface area contributed by atoms with E-state index in [9.17, 15) is 5.11 Å². The molecule has 3 N–H and O–H groups in total. The Balaban J connectivity index is 1.76. The number of benzene rings is 1. The van der Waals surface area contributed by atoms with Crippen LogP contribution in [0.25, 0.3) is 0 Å². The van der Waals surface area contributed by atoms with Crippen LogP contribution in [0.1, 0.15) is 90.5 Å². The Morgan fingerprint density at radius 3 is 2.45 bits per heavy atom. The predicted molar refractivity (Wildman–Crippen MR) is 130 cm³/mol. The van der Waals surface area contributed by atoms with Gasteiger partial charge >= 0.3 is 0 Å². The maximum absolute atomic E-state index is 9.84. The maximum atomic E-state index is 9.84. The largest absolute Gasteiger partial charge is 0.493 e. The summed E-state index contributed by atoms with van der Waals surface area (Å²) < 4.78 is 11.6. The first-order valence-electron chi connectivity index (χ1n) is 12.5. The molecule has 0 radical (unpaired) electrons. The van der Waals surface area contributed by atoms with Crippen LogP contribution in [0.5, 0.6) is 11.5 Å². The molecule has 4 heteroatoms. The zero-order valence-corrected chi connectivity index (χ0v) is 20.5. The smallest absolute Gasteiger partial charge is 0.161 e. The molecule has 0 aliphatic heterocycles. The molecule has 1 saturated carbocycles. The van der Waals surface area contributed by atoms with Gasteiger partial charge in [-0.25, -0.2) is 0 Å². The van der Waals surface area contributed by atoms with Gasteiger partial charge in [0.05, 0.1) is 20.3 Å². The van der Waals surface area contributed by atoms with Gasteiger partial charge in [0, 0.05) is 5.54 Å². The van der Waals surface area contributed by atoms with Crippen molar-refractivity contribution in [2.45, 2.75) is 96.9 Å². The summed E-state index contributed by atoms with van der Waals surface area (Å²) in [5.41, 5.74) is 7.21. The minimum Gasteiger partial charge on any atom is -0.493 e. The molecule has 178 valence electrons. The van der Waals surface area contributed by atoms with Crippen molar-refractivity contribution < 1.29 is 14.6 Å². The third-order valence-electron chi connectivity index (χ3n) is 6.95. The topological polar surface area (TPSA) is 64.7 Å². The van der Waals surface area contributed by atoms with Crippen LogP contribution < -0.4 is 15.2 Å². The number of aliphatic hydroxyl groups is 1. The fraction of sp³-hybridized carbons (Fsp3) is 0.778. The van der Waals surface area contributed by atoms with E-state index in [1.165, 1.54) is 50.5 Å². The molecular weight excluding hydrogens is 386 g/mol. The first-order valence-corrected chi connectivity index (χ1v) is 12.5. The number of methoxy groups -OCH3 is 1. The second kappa shape index (κ2) is 13.3. The molecule has 0 spiro atoms. The SMILES string of the molecule is COc1cc(CC[C@@](N)(CO)CC2CCC2)ccc1OCCCC(C)CCCC(C)C. The summed E-state index contributed by atoms with van der Waals surface area (Å²) in [6.45, 7) is 7.72. The fourth-order valence-electron chi connectivity index (χ4n) is 4.53. The van der Waals surface area contributed by atoms with Crippen molar-refractivity contribution in [1.82, 2.24) is 0 Å². The third-order valence-corrected chi connectivity index (χ3v) is 6.95. The van der Waals surface area contributed by atoms with Crippen LogP contribution in [0.15, 0.2) is 18.2 Å². The molecule has 0 amide bonds. The molecule has 1 aromatic carbocycles. The van der Waals surface area contributed by atoms with Gasteiger partial charge in [0.25, 0.3) is 0 Å². The standard InChI is InChI=1S/C27H47NO3/c1-21(2)8-5-9-22(3)10-7-17-31-25-14-13-23(18-26(25)30-4)15-16-27(28,20-29)19-24-11-6-12-24/h13-14,18,21-22,24,29H,5-12,15-17,19-20,28H2,1-4H3/t22?,27-/m0/s1. The Kier molecular flexibility index (Phi) is 11.2. The van der Waals surface area contributed by atoms with E-state index in [2.05, 4.69) is 32.9 Å². The molecule has 2 rings (SSSR count). The lowest BCUT2D eigenvalue weighted by Gasteiger charge is -2.35. The van der Waals surface area contributed by atoms with Crippen LogP contribution in [0, 0.1) is 17.8 Å². The molecule has 0 heterocycles. The van der Waals surface area contributed by atoms with Gasteiger partial charge in [0.15, 0.2) is 11.5 Å². The minimum absolute atomic E-state index is 0.0533. The molecule has 1 fully saturated rings. The van der Waals surface area contributed by atoms with Crippen LogP contribution in [0.4, 0.5) is 0 Å². The molecule has 0 bridgehead atoms. The molecule has 4 nitrogen and oxygen atoms in total. The highest BCUT2D eigenvalue weighted by Crippen LogP contribution is 2.35. The zero-order valence-electron chi connectivity index (χ0n) is 20.5. The summed E-state index contributed by atoms with van der Waals surface area (Å²) in [6, 6.07) is 6.18. The summed E-state index contributed by atoms with van der Waals surface area (Å²) in [5.74, 6) is 3.86. The number of aryl methyl sites for hydroxylation is 1. The van der Waals surface area contributed by atoms with Gasteiger partial charge < -0.3 is 20.3 Å². The quantitative estimate of drug-likeness (QED) is 0.308. The second-order valence-corrected chi connectivity index (χ2v) is 10.4. The third kappa shape index (κ3) is 9.41. The van der Waals surface area contributed by atoms with Gasteiger partial charge in [0.2, 0.25) is 0 Å². The van der Waals surface area contributed by atoms with Crippen LogP contribution >= 0.6 is 0 Å². The molecule has 0 saturated heterocycles. The Hall–Kier alpha value is -1.26. The van der Waals surface area contributed by atoms with E-state index in [1.807, 2.05) is 6.07 Å². The molecule has 1 aromatic rings. The summed E-state index contributed by atoms with van der Waals surface area (Å²) in [4.78, 5) is 0. The van der Waals surface area contributed by atoms with Gasteiger partial charge in [-0.3, -0.25) is 0 Å². The van der Waals surface area contributed by atoms with Crippen molar-refractivity contribution in [2.24, 2.45) is 23.5 Å². The van der Waals surface area contributed by atoms with Crippen LogP contribution in [0.3, 0.4) is 0 Å². The average molecular weight is 434 g/mol. The first kappa shape index (κ1) is 26.0. The van der Waals surface area contributed by atoms with Crippen molar-refractivity contribution in [3.63, 3.8) is 0 Å². The molecule has 1 aliphatic rings. The lowest BCUT2D eigenvalue weighted by atomic mass is 9.75. The number of nitrogens with two attached hydrogens (primary N) is 1. The predicted octanol–water partition coefficient (Wildman–Crippen LogP) is 6.13. The minimum atomic E-state index is -0.473. The lowest BCUT2D eigenvalue weighted by molar-refractivity contribution is 0.135. The number of aliphatic hydroxyl groups excluding tert-OH is 1. The Morgan fingerprint density at radius 2 is 1.84 bits per heavy atom. The van der Waals surface area contributed by atoms with Crippen LogP contribution in [-0.4, -0.2) is 31.0 Å². The summed E-state index contributed by atoms with van der Waals surface area (Å²) in [6.07, 6.45) is 12.6. The average Bonchev–Trinajstić information content (AvgIpc) is 2.72. The van der Waals surface area contributed by atoms with E-state index in [4.69, 9.17) is 15.2 Å². The molecule has 31 heavy (non-hydrogen) atoms. The molecule has 1 unspecified atom stereocenters. The summed E-state index contributed by atoms with van der Waals surface area (Å²) in [5, 5.41) is 9.84. The normalized spacial score (nSPS) is 17.3. The van der Waals surface area contributed by atoms with Gasteiger partial charge in [-0.2, -0.15) is 0 Å². The second-order valence-electron chi connectivity index (χ2n) is 10.4. The maximum Gasteiger partial charge on any atom is 0.161 e. The highest BCUT2D eigenvalue weighted by Gasteiger charge is 2.30. The highest BCUT2D eigenvalue weighted by atomic mass is 16.5. The molecule has 2 atom stereocenters. The van der Waals surface area contributed by atoms with E-state index in [1.54, 1.807) is 7.11 Å². The highest BCUT2D eigenvalue weighted by molar-refractivity contribution is 5.43. The van der Waals surface area contributed by atoms with Crippen LogP contribution in [0.2, 0.25) is 0 Å². The van der Waals surface area contributed by atoms with Gasteiger partial charge in [-0.1, -0.05) is 65.4 Å². The van der Waals surface area contributed by atoms with Crippen molar-refractivity contribution in [3.05, 3.63) is 23.8 Å². The summed E-state index contributed by atoms with van der Waals surface area (Å²) in [7, 11) is 1.69. The van der Waals surface area contributed by atoms with Gasteiger partial charge in [0.1, 0.15) is 0 Å². The monoisotopic (exact) mass is 433 g/mol. The number of hydrogen-bond donors (Lipinski definition) is 2. The fourth-order valence-corrected chi connectivity index (χ4v) is 4.53. The van der Waals surface area contributed by atoms with Crippen molar-refractivity contribution in [1.29, 1.82) is 0 Å². The number of ether oxygens (including phenoxy) is 2. The molecule has 0 aromatic heterocycles. The van der Waals surface area contributed by atoms with Crippen LogP contribution in [-0.2, 0) is 6.42 Å². The van der Waals surface area contributed by atoms with E-state index >= 15 is 0 Å². The number of rotatable bonds is 16. The molecule has 1 aliphatic carbocycles. The van der Waals surface area contributed by atoms with E-state index < -0.39 is 5.54 Å². The lowest BCUT2D eigenvalue weighted by Crippen LogP contribution is -2.46. The van der Waals surface area contributed by atoms with Crippen molar-refractivity contribution in [2.75, 3.05) is 20.3 Å². The van der Waals surface area contributed by atoms with Crippen molar-refractivity contribution in [3.8, 4) is 11.5 Å². The van der Waals surface area contributed by atoms with Gasteiger partial charge in [-0.05, 0) is 67.6 Å². The zero-order chi connectivity index (χ0) is 22.7. The van der Waals surface area contributed by atoms with Gasteiger partial charge in [-0.15, -0.1) is 0 Å². The molecular formula is C27H47NO3. The number of hydrogen-bond acceptors (Lipinski definition) is 4.